The summed E-state index contributed by atoms with van der Waals surface area (Å²) < 4.78 is 0. The van der Waals surface area contributed by atoms with Crippen LogP contribution in [0, 0.1) is 0 Å². The van der Waals surface area contributed by atoms with Gasteiger partial charge in [-0.3, -0.25) is 14.9 Å². The summed E-state index contributed by atoms with van der Waals surface area (Å²) in [6.07, 6.45) is 7.23. The van der Waals surface area contributed by atoms with E-state index in [0.717, 1.165) is 46.5 Å². The van der Waals surface area contributed by atoms with Gasteiger partial charge < -0.3 is 10.2 Å². The number of aromatic amines is 1. The molecule has 1 aliphatic heterocycles. The molecule has 1 saturated heterocycles. The zero-order valence-electron chi connectivity index (χ0n) is 18.1. The summed E-state index contributed by atoms with van der Waals surface area (Å²) in [4.78, 5) is 28.0. The summed E-state index contributed by atoms with van der Waals surface area (Å²) in [5.41, 5.74) is 3.64. The van der Waals surface area contributed by atoms with Crippen molar-refractivity contribution >= 4 is 28.3 Å². The summed E-state index contributed by atoms with van der Waals surface area (Å²) in [7, 11) is 0. The van der Waals surface area contributed by atoms with Crippen LogP contribution < -0.4 is 5.32 Å². The predicted molar refractivity (Wildman–Crippen MR) is 123 cm³/mol. The largest absolute Gasteiger partial charge is 0.340 e. The van der Waals surface area contributed by atoms with Crippen molar-refractivity contribution in [1.29, 1.82) is 0 Å². The van der Waals surface area contributed by atoms with Gasteiger partial charge >= 0.3 is 0 Å². The van der Waals surface area contributed by atoms with Gasteiger partial charge in [0, 0.05) is 60.5 Å². The lowest BCUT2D eigenvalue weighted by molar-refractivity contribution is -0.132. The van der Waals surface area contributed by atoms with Gasteiger partial charge in [0.1, 0.15) is 11.6 Å². The van der Waals surface area contributed by atoms with Gasteiger partial charge in [0.05, 0.1) is 17.4 Å². The van der Waals surface area contributed by atoms with Crippen molar-refractivity contribution in [1.82, 2.24) is 30.0 Å². The molecule has 1 unspecified atom stereocenters. The van der Waals surface area contributed by atoms with Crippen molar-refractivity contribution < 1.29 is 4.79 Å². The Balaban J connectivity index is 1.52. The van der Waals surface area contributed by atoms with Crippen LogP contribution in [0.15, 0.2) is 55.0 Å². The van der Waals surface area contributed by atoms with Gasteiger partial charge in [0.25, 0.3) is 0 Å². The smallest absolute Gasteiger partial charge is 0.219 e. The highest BCUT2D eigenvalue weighted by Gasteiger charge is 2.30. The normalized spacial score (nSPS) is 18.6. The molecule has 0 saturated carbocycles. The van der Waals surface area contributed by atoms with E-state index in [1.165, 1.54) is 0 Å². The van der Waals surface area contributed by atoms with Gasteiger partial charge in [-0.25, -0.2) is 9.97 Å². The average molecular weight is 428 g/mol. The Labute approximate surface area is 186 Å². The van der Waals surface area contributed by atoms with Gasteiger partial charge in [0.15, 0.2) is 0 Å². The van der Waals surface area contributed by atoms with Crippen molar-refractivity contribution in [3.05, 3.63) is 60.8 Å². The first-order valence-corrected chi connectivity index (χ1v) is 10.8. The number of hydrogen-bond acceptors (Lipinski definition) is 6. The minimum Gasteiger partial charge on any atom is -0.340 e. The van der Waals surface area contributed by atoms with E-state index in [1.54, 1.807) is 25.5 Å². The molecule has 1 amide bonds. The number of rotatable bonds is 4. The second-order valence-corrected chi connectivity index (χ2v) is 8.33. The number of amides is 1. The highest BCUT2D eigenvalue weighted by Crippen LogP contribution is 2.31. The second kappa shape index (κ2) is 8.37. The fourth-order valence-corrected chi connectivity index (χ4v) is 4.30. The molecule has 0 spiro atoms. The van der Waals surface area contributed by atoms with Gasteiger partial charge in [-0.15, -0.1) is 0 Å². The molecule has 0 aliphatic carbocycles. The molecular weight excluding hydrogens is 402 g/mol. The van der Waals surface area contributed by atoms with Crippen LogP contribution in [0.4, 0.5) is 11.5 Å². The number of anilines is 2. The van der Waals surface area contributed by atoms with Gasteiger partial charge in [-0.2, -0.15) is 5.10 Å². The van der Waals surface area contributed by atoms with Crippen LogP contribution in [0.1, 0.15) is 38.4 Å². The summed E-state index contributed by atoms with van der Waals surface area (Å²) in [5, 5.41) is 11.5. The molecule has 1 fully saturated rings. The number of carbonyl (C=O) groups excluding carboxylic acids is 1. The first kappa shape index (κ1) is 20.1. The van der Waals surface area contributed by atoms with Gasteiger partial charge in [-0.1, -0.05) is 0 Å². The van der Waals surface area contributed by atoms with Crippen LogP contribution in [0.3, 0.4) is 0 Å². The first-order valence-electron chi connectivity index (χ1n) is 10.8. The number of hydrogen-bond donors (Lipinski definition) is 2. The molecule has 1 aliphatic rings. The molecule has 4 heterocycles. The quantitative estimate of drug-likeness (QED) is 0.504. The predicted octanol–water partition coefficient (Wildman–Crippen LogP) is 4.27. The molecule has 5 rings (SSSR count). The van der Waals surface area contributed by atoms with Gasteiger partial charge in [-0.05, 0) is 50.1 Å². The molecule has 0 bridgehead atoms. The minimum atomic E-state index is 0.0867. The topological polar surface area (TPSA) is 99.7 Å². The Morgan fingerprint density at radius 3 is 2.88 bits per heavy atom. The molecule has 8 nitrogen and oxygen atoms in total. The maximum atomic E-state index is 12.1. The molecule has 0 radical (unpaired) electrons. The third-order valence-corrected chi connectivity index (χ3v) is 6.07. The van der Waals surface area contributed by atoms with E-state index >= 15 is 0 Å². The lowest BCUT2D eigenvalue weighted by Crippen LogP contribution is -2.44. The third-order valence-electron chi connectivity index (χ3n) is 6.07. The molecule has 3 aromatic heterocycles. The van der Waals surface area contributed by atoms with E-state index in [0.29, 0.717) is 12.4 Å². The van der Waals surface area contributed by atoms with Crippen LogP contribution in [-0.2, 0) is 4.79 Å². The molecule has 4 aromatic rings. The zero-order valence-corrected chi connectivity index (χ0v) is 18.1. The summed E-state index contributed by atoms with van der Waals surface area (Å²) >= 11 is 0. The van der Waals surface area contributed by atoms with E-state index in [9.17, 15) is 4.79 Å². The number of aromatic nitrogens is 5. The lowest BCUT2D eigenvalue weighted by Gasteiger charge is -2.37. The fraction of sp³-hybridized carbons (Fsp3) is 0.292. The highest BCUT2D eigenvalue weighted by molar-refractivity contribution is 5.82. The number of H-pyrrole nitrogens is 1. The Morgan fingerprint density at radius 2 is 2.06 bits per heavy atom. The summed E-state index contributed by atoms with van der Waals surface area (Å²) in [5.74, 6) is 1.64. The second-order valence-electron chi connectivity index (χ2n) is 8.33. The Morgan fingerprint density at radius 1 is 1.16 bits per heavy atom. The number of carbonyl (C=O) groups is 1. The van der Waals surface area contributed by atoms with Gasteiger partial charge in [0.2, 0.25) is 5.91 Å². The number of benzene rings is 1. The highest BCUT2D eigenvalue weighted by atomic mass is 16.2. The first-order chi connectivity index (χ1) is 15.6. The maximum absolute atomic E-state index is 12.1. The fourth-order valence-electron chi connectivity index (χ4n) is 4.30. The Hall–Kier alpha value is -3.81. The molecular formula is C24H25N7O. The Kier molecular flexibility index (Phi) is 5.26. The molecule has 2 N–H and O–H groups in total. The SMILES string of the molecule is CC(=O)N1CC(c2nc(Nc3ccc4[nH]ncc4c3)cc(-c3cccnc3)n2)CC[C@@H]1C. The van der Waals surface area contributed by atoms with Crippen LogP contribution in [0.5, 0.6) is 0 Å². The van der Waals surface area contributed by atoms with Crippen molar-refractivity contribution in [2.75, 3.05) is 11.9 Å². The maximum Gasteiger partial charge on any atom is 0.219 e. The van der Waals surface area contributed by atoms with E-state index in [1.807, 2.05) is 41.3 Å². The molecule has 2 atom stereocenters. The van der Waals surface area contributed by atoms with Crippen LogP contribution in [-0.4, -0.2) is 48.5 Å². The summed E-state index contributed by atoms with van der Waals surface area (Å²) in [6, 6.07) is 12.1. The Bertz CT molecular complexity index is 1250. The van der Waals surface area contributed by atoms with Crippen molar-refractivity contribution in [2.45, 2.75) is 38.6 Å². The van der Waals surface area contributed by atoms with Crippen LogP contribution >= 0.6 is 0 Å². The number of likely N-dealkylation sites (tertiary alicyclic amines) is 1. The minimum absolute atomic E-state index is 0.0867. The zero-order chi connectivity index (χ0) is 22.1. The van der Waals surface area contributed by atoms with Crippen LogP contribution in [0.2, 0.25) is 0 Å². The van der Waals surface area contributed by atoms with E-state index in [4.69, 9.17) is 9.97 Å². The van der Waals surface area contributed by atoms with E-state index in [2.05, 4.69) is 27.4 Å². The lowest BCUT2D eigenvalue weighted by atomic mass is 9.92. The molecule has 1 aromatic carbocycles. The van der Waals surface area contributed by atoms with Crippen molar-refractivity contribution in [3.8, 4) is 11.3 Å². The number of nitrogens with zero attached hydrogens (tertiary/aromatic N) is 5. The van der Waals surface area contributed by atoms with E-state index < -0.39 is 0 Å². The number of piperidine rings is 1. The average Bonchev–Trinajstić information content (AvgIpc) is 3.27. The van der Waals surface area contributed by atoms with Crippen LogP contribution in [0.25, 0.3) is 22.2 Å². The van der Waals surface area contributed by atoms with E-state index in [-0.39, 0.29) is 17.9 Å². The van der Waals surface area contributed by atoms with Crippen molar-refractivity contribution in [2.24, 2.45) is 0 Å². The van der Waals surface area contributed by atoms with Crippen molar-refractivity contribution in [3.63, 3.8) is 0 Å². The standard InChI is InChI=1S/C24H25N7O/c1-15-5-6-18(14-31(15)16(2)32)24-28-22(17-4-3-9-25-12-17)11-23(29-24)27-20-7-8-21-19(10-20)13-26-30-21/h3-4,7-13,15,18H,5-6,14H2,1-2H3,(H,26,30)(H,27,28,29)/t15-,18?/m0/s1. The summed E-state index contributed by atoms with van der Waals surface area (Å²) in [6.45, 7) is 4.36. The monoisotopic (exact) mass is 427 g/mol. The number of pyridine rings is 1. The third kappa shape index (κ3) is 4.03. The number of nitrogens with one attached hydrogen (secondary N) is 2. The number of fused-ring (bicyclic) bond motifs is 1. The molecule has 32 heavy (non-hydrogen) atoms. The molecule has 162 valence electrons. The molecule has 8 heteroatoms.